The lowest BCUT2D eigenvalue weighted by Gasteiger charge is -2.39. The summed E-state index contributed by atoms with van der Waals surface area (Å²) in [7, 11) is 0. The van der Waals surface area contributed by atoms with Crippen molar-refractivity contribution < 1.29 is 9.59 Å². The van der Waals surface area contributed by atoms with E-state index in [0.717, 1.165) is 12.0 Å². The van der Waals surface area contributed by atoms with Crippen LogP contribution in [0.15, 0.2) is 18.2 Å². The summed E-state index contributed by atoms with van der Waals surface area (Å²) >= 11 is 6.30. The number of rotatable bonds is 4. The monoisotopic (exact) mass is 308 g/mol. The first kappa shape index (κ1) is 15.8. The highest BCUT2D eigenvalue weighted by atomic mass is 35.5. The molecule has 114 valence electrons. The standard InChI is InChI=1S/C16H21ClN2O2/c1-4-7-12-16(21)19(13(5-2)15(20)18-12)14-10(3)8-6-9-11(14)17/h6,8-9,12-13H,4-5,7H2,1-3H3,(H,18,20). The zero-order valence-corrected chi connectivity index (χ0v) is 13.4. The second kappa shape index (κ2) is 6.48. The van der Waals surface area contributed by atoms with Crippen molar-refractivity contribution in [2.24, 2.45) is 0 Å². The van der Waals surface area contributed by atoms with Crippen LogP contribution in [0.3, 0.4) is 0 Å². The number of hydrogen-bond donors (Lipinski definition) is 1. The fourth-order valence-corrected chi connectivity index (χ4v) is 3.13. The van der Waals surface area contributed by atoms with Crippen molar-refractivity contribution in [3.63, 3.8) is 0 Å². The number of carbonyl (C=O) groups is 2. The summed E-state index contributed by atoms with van der Waals surface area (Å²) in [6.07, 6.45) is 2.03. The molecule has 2 amide bonds. The van der Waals surface area contributed by atoms with Crippen LogP contribution in [0.1, 0.15) is 38.7 Å². The van der Waals surface area contributed by atoms with E-state index in [2.05, 4.69) is 5.32 Å². The third-order valence-corrected chi connectivity index (χ3v) is 4.16. The molecule has 1 saturated heterocycles. The molecular formula is C16H21ClN2O2. The molecule has 1 aromatic rings. The van der Waals surface area contributed by atoms with Crippen molar-refractivity contribution in [2.45, 2.75) is 52.1 Å². The summed E-state index contributed by atoms with van der Waals surface area (Å²) in [5.41, 5.74) is 1.56. The lowest BCUT2D eigenvalue weighted by Crippen LogP contribution is -2.63. The second-order valence-corrected chi connectivity index (χ2v) is 5.79. The van der Waals surface area contributed by atoms with E-state index in [0.29, 0.717) is 23.6 Å². The lowest BCUT2D eigenvalue weighted by atomic mass is 9.99. The predicted molar refractivity (Wildman–Crippen MR) is 84.6 cm³/mol. The van der Waals surface area contributed by atoms with E-state index in [1.54, 1.807) is 11.0 Å². The molecule has 0 spiro atoms. The molecule has 1 N–H and O–H groups in total. The number of benzene rings is 1. The molecule has 4 nitrogen and oxygen atoms in total. The minimum Gasteiger partial charge on any atom is -0.342 e. The molecule has 0 aromatic heterocycles. The number of halogens is 1. The van der Waals surface area contributed by atoms with Crippen molar-refractivity contribution in [1.82, 2.24) is 5.32 Å². The van der Waals surface area contributed by atoms with E-state index in [-0.39, 0.29) is 11.8 Å². The molecule has 0 radical (unpaired) electrons. The number of amides is 2. The normalized spacial score (nSPS) is 22.4. The number of nitrogens with one attached hydrogen (secondary N) is 1. The summed E-state index contributed by atoms with van der Waals surface area (Å²) < 4.78 is 0. The molecule has 21 heavy (non-hydrogen) atoms. The zero-order chi connectivity index (χ0) is 15.6. The maximum atomic E-state index is 12.8. The molecule has 1 heterocycles. The molecule has 1 aliphatic heterocycles. The average molecular weight is 309 g/mol. The third-order valence-electron chi connectivity index (χ3n) is 3.86. The lowest BCUT2D eigenvalue weighted by molar-refractivity contribution is -0.134. The minimum atomic E-state index is -0.496. The Balaban J connectivity index is 2.49. The Morgan fingerprint density at radius 3 is 2.57 bits per heavy atom. The Kier molecular flexibility index (Phi) is 4.88. The molecule has 1 fully saturated rings. The topological polar surface area (TPSA) is 49.4 Å². The molecule has 1 aromatic carbocycles. The molecular weight excluding hydrogens is 288 g/mol. The van der Waals surface area contributed by atoms with Crippen LogP contribution in [-0.4, -0.2) is 23.9 Å². The zero-order valence-electron chi connectivity index (χ0n) is 12.6. The van der Waals surface area contributed by atoms with Crippen molar-refractivity contribution in [3.8, 4) is 0 Å². The Morgan fingerprint density at radius 1 is 1.29 bits per heavy atom. The van der Waals surface area contributed by atoms with Gasteiger partial charge in [-0.05, 0) is 31.4 Å². The van der Waals surface area contributed by atoms with Crippen LogP contribution in [0.5, 0.6) is 0 Å². The maximum absolute atomic E-state index is 12.8. The number of carbonyl (C=O) groups excluding carboxylic acids is 2. The molecule has 0 aliphatic carbocycles. The number of nitrogens with zero attached hydrogens (tertiary/aromatic N) is 1. The van der Waals surface area contributed by atoms with Gasteiger partial charge >= 0.3 is 0 Å². The van der Waals surface area contributed by atoms with Gasteiger partial charge in [0.2, 0.25) is 11.8 Å². The summed E-state index contributed by atoms with van der Waals surface area (Å²) in [6, 6.07) is 4.55. The molecule has 0 bridgehead atoms. The minimum absolute atomic E-state index is 0.0699. The Morgan fingerprint density at radius 2 is 2.00 bits per heavy atom. The maximum Gasteiger partial charge on any atom is 0.250 e. The molecule has 5 heteroatoms. The number of hydrogen-bond acceptors (Lipinski definition) is 2. The first-order valence-corrected chi connectivity index (χ1v) is 7.77. The smallest absolute Gasteiger partial charge is 0.250 e. The fourth-order valence-electron chi connectivity index (χ4n) is 2.81. The van der Waals surface area contributed by atoms with E-state index < -0.39 is 12.1 Å². The highest BCUT2D eigenvalue weighted by molar-refractivity contribution is 6.34. The first-order valence-electron chi connectivity index (χ1n) is 7.39. The van der Waals surface area contributed by atoms with E-state index in [4.69, 9.17) is 11.6 Å². The quantitative estimate of drug-likeness (QED) is 0.929. The molecule has 0 saturated carbocycles. The van der Waals surface area contributed by atoms with Gasteiger partial charge in [-0.15, -0.1) is 0 Å². The van der Waals surface area contributed by atoms with Gasteiger partial charge in [0.25, 0.3) is 0 Å². The Hall–Kier alpha value is -1.55. The van der Waals surface area contributed by atoms with E-state index >= 15 is 0 Å². The largest absolute Gasteiger partial charge is 0.342 e. The van der Waals surface area contributed by atoms with Crippen LogP contribution in [0.2, 0.25) is 5.02 Å². The van der Waals surface area contributed by atoms with Crippen molar-refractivity contribution in [2.75, 3.05) is 4.90 Å². The molecule has 2 unspecified atom stereocenters. The molecule has 1 aliphatic rings. The summed E-state index contributed by atoms with van der Waals surface area (Å²) in [5, 5.41) is 3.34. The van der Waals surface area contributed by atoms with Crippen LogP contribution in [-0.2, 0) is 9.59 Å². The van der Waals surface area contributed by atoms with Crippen LogP contribution < -0.4 is 10.2 Å². The van der Waals surface area contributed by atoms with Gasteiger partial charge in [-0.2, -0.15) is 0 Å². The van der Waals surface area contributed by atoms with Gasteiger partial charge in [0.15, 0.2) is 0 Å². The van der Waals surface area contributed by atoms with Gasteiger partial charge < -0.3 is 5.32 Å². The van der Waals surface area contributed by atoms with Crippen molar-refractivity contribution in [1.29, 1.82) is 0 Å². The summed E-state index contributed by atoms with van der Waals surface area (Å²) in [5.74, 6) is -0.172. The van der Waals surface area contributed by atoms with Gasteiger partial charge in [-0.25, -0.2) is 0 Å². The first-order chi connectivity index (χ1) is 10.0. The van der Waals surface area contributed by atoms with Crippen LogP contribution in [0.4, 0.5) is 5.69 Å². The highest BCUT2D eigenvalue weighted by Crippen LogP contribution is 2.33. The third kappa shape index (κ3) is 2.91. The van der Waals surface area contributed by atoms with E-state index in [1.807, 2.05) is 32.9 Å². The van der Waals surface area contributed by atoms with E-state index in [1.165, 1.54) is 0 Å². The number of para-hydroxylation sites is 1. The number of aryl methyl sites for hydroxylation is 1. The van der Waals surface area contributed by atoms with Crippen molar-refractivity contribution in [3.05, 3.63) is 28.8 Å². The van der Waals surface area contributed by atoms with Gasteiger partial charge in [0.05, 0.1) is 10.7 Å². The van der Waals surface area contributed by atoms with Gasteiger partial charge in [0, 0.05) is 0 Å². The van der Waals surface area contributed by atoms with Crippen LogP contribution in [0, 0.1) is 6.92 Å². The number of piperazine rings is 1. The van der Waals surface area contributed by atoms with Crippen LogP contribution in [0.25, 0.3) is 0 Å². The predicted octanol–water partition coefficient (Wildman–Crippen LogP) is 3.06. The van der Waals surface area contributed by atoms with Gasteiger partial charge in [-0.1, -0.05) is 44.0 Å². The average Bonchev–Trinajstić information content (AvgIpc) is 2.44. The molecule has 2 atom stereocenters. The van der Waals surface area contributed by atoms with Crippen molar-refractivity contribution >= 4 is 29.1 Å². The van der Waals surface area contributed by atoms with Gasteiger partial charge in [-0.3, -0.25) is 14.5 Å². The fraction of sp³-hybridized carbons (Fsp3) is 0.500. The van der Waals surface area contributed by atoms with Gasteiger partial charge in [0.1, 0.15) is 12.1 Å². The summed E-state index contributed by atoms with van der Waals surface area (Å²) in [6.45, 7) is 5.80. The molecule has 2 rings (SSSR count). The second-order valence-electron chi connectivity index (χ2n) is 5.39. The Bertz CT molecular complexity index is 539. The highest BCUT2D eigenvalue weighted by Gasteiger charge is 2.41. The summed E-state index contributed by atoms with van der Waals surface area (Å²) in [4.78, 5) is 26.7. The van der Waals surface area contributed by atoms with Crippen LogP contribution >= 0.6 is 11.6 Å². The number of anilines is 1. The van der Waals surface area contributed by atoms with E-state index in [9.17, 15) is 9.59 Å². The SMILES string of the molecule is CCCC1NC(=O)C(CC)N(c2c(C)cccc2Cl)C1=O. The Labute approximate surface area is 130 Å².